The molecule has 37 heavy (non-hydrogen) atoms. The number of alkyl halides is 3. The molecule has 0 aromatic heterocycles. The summed E-state index contributed by atoms with van der Waals surface area (Å²) in [7, 11) is 0. The number of nitrogens with zero attached hydrogens (tertiary/aromatic N) is 2. The highest BCUT2D eigenvalue weighted by atomic mass is 19.4. The van der Waals surface area contributed by atoms with Crippen LogP contribution in [0.25, 0.3) is 0 Å². The second-order valence-corrected chi connectivity index (χ2v) is 9.18. The second kappa shape index (κ2) is 17.6. The topological polar surface area (TPSA) is 130 Å². The summed E-state index contributed by atoms with van der Waals surface area (Å²) in [6.07, 6.45) is 4.43. The smallest absolute Gasteiger partial charge is 0.430 e. The number of rotatable bonds is 13. The maximum Gasteiger partial charge on any atom is 0.430 e. The molecule has 1 fully saturated rings. The number of carbonyl (C=O) groups excluding carboxylic acids is 2. The van der Waals surface area contributed by atoms with Crippen molar-refractivity contribution in [2.24, 2.45) is 11.5 Å². The molecule has 1 heterocycles. The number of likely N-dealkylation sites (tertiary alicyclic amines) is 1. The lowest BCUT2D eigenvalue weighted by molar-refractivity contribution is -0.459. The Morgan fingerprint density at radius 1 is 1.05 bits per heavy atom. The van der Waals surface area contributed by atoms with Gasteiger partial charge >= 0.3 is 12.1 Å². The number of aliphatic carboxylic acids is 1. The summed E-state index contributed by atoms with van der Waals surface area (Å²) >= 11 is 0. The first-order valence-electron chi connectivity index (χ1n) is 13.0. The number of benzene rings is 1. The van der Waals surface area contributed by atoms with E-state index in [9.17, 15) is 18.0 Å². The predicted molar refractivity (Wildman–Crippen MR) is 135 cm³/mol. The van der Waals surface area contributed by atoms with Crippen LogP contribution in [0.15, 0.2) is 30.3 Å². The van der Waals surface area contributed by atoms with Gasteiger partial charge in [-0.25, -0.2) is 0 Å². The van der Waals surface area contributed by atoms with Crippen LogP contribution in [0, 0.1) is 0 Å². The Morgan fingerprint density at radius 2 is 1.62 bits per heavy atom. The van der Waals surface area contributed by atoms with Crippen molar-refractivity contribution < 1.29 is 32.9 Å². The highest BCUT2D eigenvalue weighted by molar-refractivity contribution is 5.76. The zero-order chi connectivity index (χ0) is 27.7. The van der Waals surface area contributed by atoms with Crippen molar-refractivity contribution in [1.82, 2.24) is 9.80 Å². The van der Waals surface area contributed by atoms with Gasteiger partial charge in [-0.1, -0.05) is 56.5 Å². The Balaban J connectivity index is 0.000000856. The molecule has 0 atom stereocenters. The molecule has 1 amide bonds. The second-order valence-electron chi connectivity index (χ2n) is 9.18. The van der Waals surface area contributed by atoms with Crippen molar-refractivity contribution in [3.63, 3.8) is 0 Å². The summed E-state index contributed by atoms with van der Waals surface area (Å²) in [5.74, 6) is -2.39. The van der Waals surface area contributed by atoms with E-state index >= 15 is 0 Å². The quantitative estimate of drug-likeness (QED) is 0.194. The third-order valence-electron chi connectivity index (χ3n) is 6.32. The zero-order valence-electron chi connectivity index (χ0n) is 21.8. The van der Waals surface area contributed by atoms with Gasteiger partial charge in [0.2, 0.25) is 5.91 Å². The molecule has 11 heteroatoms. The molecule has 0 unspecified atom stereocenters. The fraction of sp³-hybridized carbons (Fsp3) is 0.654. The number of piperidine rings is 1. The van der Waals surface area contributed by atoms with Gasteiger partial charge < -0.3 is 19.7 Å². The fourth-order valence-electron chi connectivity index (χ4n) is 4.27. The molecule has 1 aromatic carbocycles. The van der Waals surface area contributed by atoms with Crippen molar-refractivity contribution >= 4 is 17.8 Å². The van der Waals surface area contributed by atoms with E-state index in [4.69, 9.17) is 21.4 Å². The normalized spacial score (nSPS) is 14.4. The van der Waals surface area contributed by atoms with Crippen LogP contribution in [0.2, 0.25) is 0 Å². The monoisotopic (exact) mass is 529 g/mol. The number of halogens is 3. The van der Waals surface area contributed by atoms with Crippen LogP contribution in [0.3, 0.4) is 0 Å². The molecule has 0 spiro atoms. The standard InChI is InChI=1S/C24H41N5O.C2HF3O2/c1-2-23(30)29(17-10-5-3-4-9-16-27-24(25)26)22-14-19-28(20-15-22)18-13-21-11-7-6-8-12-21;3-2(4,5)1(6)7/h6-8,11-12,22H,2-5,9-10,13-20H2,1H3,(H4,25,26,27);(H,6,7). The molecule has 1 aliphatic rings. The summed E-state index contributed by atoms with van der Waals surface area (Å²) in [4.78, 5) is 29.0. The van der Waals surface area contributed by atoms with Crippen LogP contribution in [0.4, 0.5) is 13.2 Å². The number of carbonyl (C=O) groups is 2. The lowest BCUT2D eigenvalue weighted by Gasteiger charge is -2.38. The van der Waals surface area contributed by atoms with Gasteiger partial charge in [0.15, 0.2) is 0 Å². The van der Waals surface area contributed by atoms with E-state index in [2.05, 4.69) is 45.1 Å². The van der Waals surface area contributed by atoms with Crippen LogP contribution >= 0.6 is 0 Å². The number of carboxylic acid groups (broad SMARTS) is 1. The van der Waals surface area contributed by atoms with Crippen molar-refractivity contribution in [2.75, 3.05) is 32.7 Å². The van der Waals surface area contributed by atoms with Crippen molar-refractivity contribution in [3.05, 3.63) is 35.9 Å². The van der Waals surface area contributed by atoms with Gasteiger partial charge in [0.05, 0.1) is 6.54 Å². The minimum Gasteiger partial charge on any atom is -0.542 e. The number of amides is 1. The van der Waals surface area contributed by atoms with E-state index in [0.717, 1.165) is 64.8 Å². The average Bonchev–Trinajstić information content (AvgIpc) is 2.87. The SMILES string of the molecule is CCC(=O)N(CCCCCCC[NH+]=C(N)N)C1CCN(CCc2ccccc2)CC1.O=C([O-])C(F)(F)F. The molecule has 1 aromatic rings. The van der Waals surface area contributed by atoms with Crippen LogP contribution in [0.1, 0.15) is 63.9 Å². The molecular formula is C26H42F3N5O3. The maximum atomic E-state index is 12.6. The summed E-state index contributed by atoms with van der Waals surface area (Å²) in [5.41, 5.74) is 12.2. The number of nitrogens with two attached hydrogens (primary N) is 2. The average molecular weight is 530 g/mol. The molecule has 8 nitrogen and oxygen atoms in total. The van der Waals surface area contributed by atoms with Crippen LogP contribution in [-0.4, -0.2) is 72.6 Å². The summed E-state index contributed by atoms with van der Waals surface area (Å²) in [5, 5.41) is 8.78. The number of guanidine groups is 1. The molecule has 1 saturated heterocycles. The molecule has 5 N–H and O–H groups in total. The summed E-state index contributed by atoms with van der Waals surface area (Å²) in [6.45, 7) is 7.03. The van der Waals surface area contributed by atoms with Gasteiger partial charge in [-0.15, -0.1) is 0 Å². The first kappa shape index (κ1) is 32.2. The van der Waals surface area contributed by atoms with Gasteiger partial charge in [-0.2, -0.15) is 13.2 Å². The Morgan fingerprint density at radius 3 is 2.16 bits per heavy atom. The van der Waals surface area contributed by atoms with E-state index in [0.29, 0.717) is 24.3 Å². The Labute approximate surface area is 217 Å². The van der Waals surface area contributed by atoms with Gasteiger partial charge in [0.1, 0.15) is 5.97 Å². The van der Waals surface area contributed by atoms with E-state index in [-0.39, 0.29) is 0 Å². The summed E-state index contributed by atoms with van der Waals surface area (Å²) < 4.78 is 31.5. The Kier molecular flexibility index (Phi) is 15.3. The number of hydrogen-bond acceptors (Lipinski definition) is 4. The zero-order valence-corrected chi connectivity index (χ0v) is 21.8. The molecule has 0 saturated carbocycles. The minimum atomic E-state index is -5.19. The van der Waals surface area contributed by atoms with Gasteiger partial charge in [0, 0.05) is 38.6 Å². The van der Waals surface area contributed by atoms with Gasteiger partial charge in [-0.3, -0.25) is 21.3 Å². The molecule has 0 bridgehead atoms. The molecule has 2 rings (SSSR count). The third-order valence-corrected chi connectivity index (χ3v) is 6.32. The van der Waals surface area contributed by atoms with Crippen molar-refractivity contribution in [3.8, 4) is 0 Å². The first-order valence-corrected chi connectivity index (χ1v) is 13.0. The van der Waals surface area contributed by atoms with E-state index in [1.54, 1.807) is 0 Å². The fourth-order valence-corrected chi connectivity index (χ4v) is 4.27. The van der Waals surface area contributed by atoms with Gasteiger partial charge in [-0.05, 0) is 37.7 Å². The van der Waals surface area contributed by atoms with Crippen LogP contribution < -0.4 is 21.6 Å². The highest BCUT2D eigenvalue weighted by Crippen LogP contribution is 2.19. The Hall–Kier alpha value is -2.82. The van der Waals surface area contributed by atoms with E-state index < -0.39 is 12.1 Å². The number of unbranched alkanes of at least 4 members (excludes halogenated alkanes) is 4. The van der Waals surface area contributed by atoms with E-state index in [1.807, 2.05) is 6.92 Å². The first-order chi connectivity index (χ1) is 17.5. The molecule has 210 valence electrons. The predicted octanol–water partition coefficient (Wildman–Crippen LogP) is 0.535. The number of hydrogen-bond donors (Lipinski definition) is 3. The van der Waals surface area contributed by atoms with Gasteiger partial charge in [0.25, 0.3) is 0 Å². The van der Waals surface area contributed by atoms with Crippen molar-refractivity contribution in [2.45, 2.75) is 76.9 Å². The highest BCUT2D eigenvalue weighted by Gasteiger charge is 2.29. The van der Waals surface area contributed by atoms with E-state index in [1.165, 1.54) is 24.8 Å². The van der Waals surface area contributed by atoms with Crippen LogP contribution in [0.5, 0.6) is 0 Å². The van der Waals surface area contributed by atoms with Crippen molar-refractivity contribution in [1.29, 1.82) is 0 Å². The largest absolute Gasteiger partial charge is 0.542 e. The molecule has 0 radical (unpaired) electrons. The maximum absolute atomic E-state index is 12.6. The summed E-state index contributed by atoms with van der Waals surface area (Å²) in [6, 6.07) is 11.1. The number of nitrogens with one attached hydrogen (secondary N) is 1. The third kappa shape index (κ3) is 14.5. The molecular weight excluding hydrogens is 487 g/mol. The Bertz CT molecular complexity index is 809. The molecule has 0 aliphatic carbocycles. The lowest BCUT2D eigenvalue weighted by Crippen LogP contribution is -2.78. The molecule has 1 aliphatic heterocycles. The van der Waals surface area contributed by atoms with Crippen LogP contribution in [-0.2, 0) is 16.0 Å². The minimum absolute atomic E-state index is 0.301. The number of carboxylic acids is 1. The lowest BCUT2D eigenvalue weighted by atomic mass is 10.0.